The molecule has 0 amide bonds. The number of hydrogen-bond donors (Lipinski definition) is 1. The monoisotopic (exact) mass is 433 g/mol. The second-order valence-corrected chi connectivity index (χ2v) is 9.46. The molecule has 0 saturated heterocycles. The molecule has 1 N–H and O–H groups in total. The second-order valence-electron chi connectivity index (χ2n) is 9.46. The van der Waals surface area contributed by atoms with Crippen LogP contribution >= 0.6 is 0 Å². The lowest BCUT2D eigenvalue weighted by Crippen LogP contribution is -2.49. The number of aliphatic hydroxyl groups is 1. The van der Waals surface area contributed by atoms with Gasteiger partial charge in [-0.2, -0.15) is 0 Å². The Kier molecular flexibility index (Phi) is 6.55. The molecule has 2 nitrogen and oxygen atoms in total. The lowest BCUT2D eigenvalue weighted by atomic mass is 9.80. The van der Waals surface area contributed by atoms with E-state index >= 15 is 0 Å². The average Bonchev–Trinajstić information content (AvgIpc) is 2.83. The third kappa shape index (κ3) is 5.44. The van der Waals surface area contributed by atoms with Gasteiger partial charge < -0.3 is 9.76 Å². The van der Waals surface area contributed by atoms with Gasteiger partial charge in [-0.15, -0.1) is 0 Å². The molecule has 33 heavy (non-hydrogen) atoms. The van der Waals surface area contributed by atoms with Crippen molar-refractivity contribution in [2.45, 2.75) is 38.9 Å². The van der Waals surface area contributed by atoms with Crippen LogP contribution in [-0.4, -0.2) is 23.8 Å². The lowest BCUT2D eigenvalue weighted by molar-refractivity contribution is -0.0893. The molecular formula is C30H30BO2. The van der Waals surface area contributed by atoms with Crippen LogP contribution in [0.4, 0.5) is 0 Å². The van der Waals surface area contributed by atoms with Crippen molar-refractivity contribution < 1.29 is 9.76 Å². The highest BCUT2D eigenvalue weighted by atomic mass is 16.5. The van der Waals surface area contributed by atoms with E-state index in [4.69, 9.17) is 4.65 Å². The standard InChI is InChI=1S/C30H30BO2/c1-29(2,32)30(3,4)33-31-28-20-26(23-14-9-6-10-15-23)19-27(21-28)25-17-11-16-24(18-25)22-12-7-5-8-13-22/h5-21,32H,1-4H3. The van der Waals surface area contributed by atoms with Crippen molar-refractivity contribution in [3.05, 3.63) is 103 Å². The van der Waals surface area contributed by atoms with E-state index in [-0.39, 0.29) is 0 Å². The molecule has 165 valence electrons. The molecule has 0 aromatic heterocycles. The van der Waals surface area contributed by atoms with Crippen LogP contribution in [-0.2, 0) is 4.65 Å². The number of hydrogen-bond acceptors (Lipinski definition) is 2. The molecule has 4 aromatic carbocycles. The first-order valence-electron chi connectivity index (χ1n) is 11.3. The zero-order valence-electron chi connectivity index (χ0n) is 19.7. The van der Waals surface area contributed by atoms with E-state index < -0.39 is 11.2 Å². The van der Waals surface area contributed by atoms with Crippen LogP contribution in [0.2, 0.25) is 0 Å². The Morgan fingerprint density at radius 1 is 0.545 bits per heavy atom. The highest BCUT2D eigenvalue weighted by molar-refractivity contribution is 6.47. The first kappa shape index (κ1) is 23.0. The molecule has 0 saturated carbocycles. The first-order chi connectivity index (χ1) is 15.7. The smallest absolute Gasteiger partial charge is 0.330 e. The van der Waals surface area contributed by atoms with Crippen molar-refractivity contribution in [3.63, 3.8) is 0 Å². The maximum absolute atomic E-state index is 10.5. The molecule has 0 aliphatic rings. The van der Waals surface area contributed by atoms with Crippen LogP contribution in [0.3, 0.4) is 0 Å². The average molecular weight is 433 g/mol. The fourth-order valence-corrected chi connectivity index (χ4v) is 3.55. The minimum absolute atomic E-state index is 0.733. The Morgan fingerprint density at radius 3 is 1.52 bits per heavy atom. The lowest BCUT2D eigenvalue weighted by Gasteiger charge is -2.37. The van der Waals surface area contributed by atoms with E-state index in [1.807, 2.05) is 26.0 Å². The predicted octanol–water partition coefficient (Wildman–Crippen LogP) is 6.50. The Balaban J connectivity index is 1.74. The third-order valence-electron chi connectivity index (χ3n) is 6.33. The molecule has 0 fully saturated rings. The SMILES string of the molecule is CC(C)(O)C(C)(C)O[B]c1cc(-c2ccccc2)cc(-c2cccc(-c3ccccc3)c2)c1. The summed E-state index contributed by atoms with van der Waals surface area (Å²) in [6.07, 6.45) is 0. The topological polar surface area (TPSA) is 29.5 Å². The Labute approximate surface area is 198 Å². The van der Waals surface area contributed by atoms with Gasteiger partial charge in [0.15, 0.2) is 0 Å². The minimum Gasteiger partial charge on any atom is -0.427 e. The number of benzene rings is 4. The Bertz CT molecular complexity index is 1210. The van der Waals surface area contributed by atoms with E-state index in [2.05, 4.69) is 91.0 Å². The fraction of sp³-hybridized carbons (Fsp3) is 0.200. The van der Waals surface area contributed by atoms with Crippen LogP contribution in [0.5, 0.6) is 0 Å². The van der Waals surface area contributed by atoms with Crippen LogP contribution in [0.15, 0.2) is 103 Å². The summed E-state index contributed by atoms with van der Waals surface area (Å²) in [7, 11) is 1.76. The van der Waals surface area contributed by atoms with Crippen molar-refractivity contribution in [1.82, 2.24) is 0 Å². The summed E-state index contributed by atoms with van der Waals surface area (Å²) in [4.78, 5) is 0. The maximum atomic E-state index is 10.5. The van der Waals surface area contributed by atoms with Gasteiger partial charge in [0.2, 0.25) is 0 Å². The van der Waals surface area contributed by atoms with E-state index in [1.54, 1.807) is 21.3 Å². The zero-order valence-corrected chi connectivity index (χ0v) is 19.7. The van der Waals surface area contributed by atoms with Crippen molar-refractivity contribution >= 4 is 12.9 Å². The van der Waals surface area contributed by atoms with Crippen molar-refractivity contribution in [2.24, 2.45) is 0 Å². The van der Waals surface area contributed by atoms with Gasteiger partial charge in [-0.3, -0.25) is 0 Å². The zero-order chi connectivity index (χ0) is 23.5. The molecule has 4 rings (SSSR count). The summed E-state index contributed by atoms with van der Waals surface area (Å²) in [6, 6.07) is 35.9. The van der Waals surface area contributed by atoms with Crippen molar-refractivity contribution in [2.75, 3.05) is 0 Å². The van der Waals surface area contributed by atoms with E-state index in [0.29, 0.717) is 0 Å². The quantitative estimate of drug-likeness (QED) is 0.337. The van der Waals surface area contributed by atoms with Gasteiger partial charge in [-0.25, -0.2) is 0 Å². The largest absolute Gasteiger partial charge is 0.427 e. The third-order valence-corrected chi connectivity index (χ3v) is 6.33. The molecule has 1 radical (unpaired) electrons. The van der Waals surface area contributed by atoms with Crippen molar-refractivity contribution in [1.29, 1.82) is 0 Å². The van der Waals surface area contributed by atoms with E-state index in [0.717, 1.165) is 27.7 Å². The molecule has 0 aliphatic heterocycles. The van der Waals surface area contributed by atoms with Crippen LogP contribution < -0.4 is 5.46 Å². The molecule has 0 spiro atoms. The molecule has 0 aliphatic carbocycles. The molecule has 0 heterocycles. The highest BCUT2D eigenvalue weighted by Crippen LogP contribution is 2.30. The molecule has 0 bridgehead atoms. The Hall–Kier alpha value is -3.14. The molecule has 3 heteroatoms. The van der Waals surface area contributed by atoms with Gasteiger partial charge in [0.1, 0.15) is 0 Å². The molecule has 0 unspecified atom stereocenters. The number of rotatable bonds is 7. The summed E-state index contributed by atoms with van der Waals surface area (Å²) in [5.74, 6) is 0. The van der Waals surface area contributed by atoms with Crippen LogP contribution in [0.1, 0.15) is 27.7 Å². The van der Waals surface area contributed by atoms with Gasteiger partial charge in [0, 0.05) is 0 Å². The normalized spacial score (nSPS) is 11.9. The maximum Gasteiger partial charge on any atom is 0.330 e. The second kappa shape index (κ2) is 9.39. The van der Waals surface area contributed by atoms with Crippen LogP contribution in [0, 0.1) is 0 Å². The summed E-state index contributed by atoms with van der Waals surface area (Å²) in [5, 5.41) is 10.5. The summed E-state index contributed by atoms with van der Waals surface area (Å²) >= 11 is 0. The van der Waals surface area contributed by atoms with E-state index in [9.17, 15) is 5.11 Å². The highest BCUT2D eigenvalue weighted by Gasteiger charge is 2.35. The summed E-state index contributed by atoms with van der Waals surface area (Å²) < 4.78 is 6.08. The molecule has 0 atom stereocenters. The predicted molar refractivity (Wildman–Crippen MR) is 140 cm³/mol. The van der Waals surface area contributed by atoms with Crippen molar-refractivity contribution in [3.8, 4) is 33.4 Å². The van der Waals surface area contributed by atoms with Gasteiger partial charge in [-0.1, -0.05) is 96.5 Å². The first-order valence-corrected chi connectivity index (χ1v) is 11.3. The molecule has 4 aromatic rings. The summed E-state index contributed by atoms with van der Waals surface area (Å²) in [5.41, 5.74) is 6.15. The Morgan fingerprint density at radius 2 is 0.970 bits per heavy atom. The van der Waals surface area contributed by atoms with Gasteiger partial charge >= 0.3 is 7.48 Å². The fourth-order valence-electron chi connectivity index (χ4n) is 3.55. The molecular weight excluding hydrogens is 403 g/mol. The minimum atomic E-state index is -0.979. The van der Waals surface area contributed by atoms with Gasteiger partial charge in [0.25, 0.3) is 0 Å². The van der Waals surface area contributed by atoms with Gasteiger partial charge in [-0.05, 0) is 73.2 Å². The van der Waals surface area contributed by atoms with Gasteiger partial charge in [0.05, 0.1) is 11.2 Å². The van der Waals surface area contributed by atoms with Crippen LogP contribution in [0.25, 0.3) is 33.4 Å². The summed E-state index contributed by atoms with van der Waals surface area (Å²) in [6.45, 7) is 7.33. The van der Waals surface area contributed by atoms with E-state index in [1.165, 1.54) is 11.1 Å².